The number of alkyl halides is 3. The Kier molecular flexibility index (Phi) is 9.31. The van der Waals surface area contributed by atoms with Crippen LogP contribution in [0.3, 0.4) is 0 Å². The van der Waals surface area contributed by atoms with E-state index < -0.39 is 23.4 Å². The van der Waals surface area contributed by atoms with Crippen LogP contribution in [0.1, 0.15) is 74.5 Å². The van der Waals surface area contributed by atoms with Crippen molar-refractivity contribution in [1.82, 2.24) is 0 Å². The topological polar surface area (TPSA) is 9.23 Å². The van der Waals surface area contributed by atoms with Crippen LogP contribution in [0.15, 0.2) is 48.6 Å². The van der Waals surface area contributed by atoms with E-state index in [0.29, 0.717) is 12.0 Å². The Hall–Kier alpha value is -2.63. The highest BCUT2D eigenvalue weighted by Crippen LogP contribution is 2.37. The van der Waals surface area contributed by atoms with Gasteiger partial charge in [-0.25, -0.2) is 8.78 Å². The highest BCUT2D eigenvalue weighted by molar-refractivity contribution is 5.53. The van der Waals surface area contributed by atoms with Crippen molar-refractivity contribution in [3.05, 3.63) is 76.9 Å². The number of unbranched alkanes of at least 4 members (excludes halogenated alkanes) is 1. The molecule has 0 aliphatic heterocycles. The van der Waals surface area contributed by atoms with Crippen molar-refractivity contribution in [2.45, 2.75) is 64.0 Å². The van der Waals surface area contributed by atoms with E-state index in [4.69, 9.17) is 4.74 Å². The van der Waals surface area contributed by atoms with Gasteiger partial charge in [0.2, 0.25) is 0 Å². The second-order valence-electron chi connectivity index (χ2n) is 8.92. The molecule has 0 bridgehead atoms. The Morgan fingerprint density at radius 3 is 2.18 bits per heavy atom. The van der Waals surface area contributed by atoms with Crippen LogP contribution < -0.4 is 4.74 Å². The lowest BCUT2D eigenvalue weighted by atomic mass is 9.77. The summed E-state index contributed by atoms with van der Waals surface area (Å²) in [5, 5.41) is 0. The summed E-state index contributed by atoms with van der Waals surface area (Å²) in [6, 6.07) is 10.2. The van der Waals surface area contributed by atoms with Crippen molar-refractivity contribution in [1.29, 1.82) is 0 Å². The first-order chi connectivity index (χ1) is 16.2. The maximum atomic E-state index is 14.0. The summed E-state index contributed by atoms with van der Waals surface area (Å²) in [5.74, 6) is -0.816. The first kappa shape index (κ1) is 26.0. The van der Waals surface area contributed by atoms with Gasteiger partial charge < -0.3 is 4.74 Å². The van der Waals surface area contributed by atoms with Crippen LogP contribution in [0, 0.1) is 17.6 Å². The van der Waals surface area contributed by atoms with E-state index in [1.165, 1.54) is 50.5 Å². The van der Waals surface area contributed by atoms with E-state index >= 15 is 0 Å². The van der Waals surface area contributed by atoms with Crippen LogP contribution in [-0.4, -0.2) is 12.8 Å². The first-order valence-corrected chi connectivity index (χ1v) is 11.9. The molecular formula is C28H31F5O. The van der Waals surface area contributed by atoms with Crippen LogP contribution in [0.25, 0.3) is 12.2 Å². The zero-order valence-corrected chi connectivity index (χ0v) is 19.4. The summed E-state index contributed by atoms with van der Waals surface area (Å²) in [7, 11) is 0. The predicted molar refractivity (Wildman–Crippen MR) is 127 cm³/mol. The molecule has 0 N–H and O–H groups in total. The molecule has 1 aliphatic rings. The van der Waals surface area contributed by atoms with Gasteiger partial charge in [0.05, 0.1) is 0 Å². The molecule has 2 aromatic rings. The summed E-state index contributed by atoms with van der Waals surface area (Å²) in [6.07, 6.45) is 8.16. The molecule has 0 amide bonds. The molecule has 0 atom stereocenters. The SMILES string of the molecule is CCCCC1CCC(c2ccc(C=CCOc3cc(F)c(C=CC(F)(F)F)c(F)c3)cc2)CC1. The number of hydrogen-bond donors (Lipinski definition) is 0. The normalized spacial score (nSPS) is 19.2. The van der Waals surface area contributed by atoms with Gasteiger partial charge in [-0.15, -0.1) is 0 Å². The van der Waals surface area contributed by atoms with Crippen LogP contribution in [0.2, 0.25) is 0 Å². The third kappa shape index (κ3) is 8.00. The molecule has 1 aliphatic carbocycles. The molecule has 0 aromatic heterocycles. The van der Waals surface area contributed by atoms with E-state index in [-0.39, 0.29) is 18.4 Å². The van der Waals surface area contributed by atoms with Gasteiger partial charge in [0.1, 0.15) is 24.0 Å². The van der Waals surface area contributed by atoms with Crippen LogP contribution in [0.5, 0.6) is 5.75 Å². The third-order valence-corrected chi connectivity index (χ3v) is 6.37. The molecule has 184 valence electrons. The van der Waals surface area contributed by atoms with E-state index in [1.54, 1.807) is 6.08 Å². The van der Waals surface area contributed by atoms with Gasteiger partial charge in [0, 0.05) is 23.8 Å². The molecule has 2 aromatic carbocycles. The Morgan fingerprint density at radius 2 is 1.59 bits per heavy atom. The van der Waals surface area contributed by atoms with Crippen LogP contribution >= 0.6 is 0 Å². The van der Waals surface area contributed by atoms with Gasteiger partial charge in [-0.3, -0.25) is 0 Å². The fourth-order valence-corrected chi connectivity index (χ4v) is 4.47. The number of rotatable bonds is 9. The molecule has 0 spiro atoms. The second-order valence-corrected chi connectivity index (χ2v) is 8.92. The predicted octanol–water partition coefficient (Wildman–Crippen LogP) is 9.10. The van der Waals surface area contributed by atoms with Gasteiger partial charge in [-0.05, 0) is 60.8 Å². The highest BCUT2D eigenvalue weighted by Gasteiger charge is 2.23. The van der Waals surface area contributed by atoms with Gasteiger partial charge in [0.25, 0.3) is 0 Å². The molecular weight excluding hydrogens is 447 g/mol. The van der Waals surface area contributed by atoms with Crippen molar-refractivity contribution in [3.8, 4) is 5.75 Å². The van der Waals surface area contributed by atoms with Crippen molar-refractivity contribution in [3.63, 3.8) is 0 Å². The zero-order chi connectivity index (χ0) is 24.6. The van der Waals surface area contributed by atoms with Crippen molar-refractivity contribution < 1.29 is 26.7 Å². The summed E-state index contributed by atoms with van der Waals surface area (Å²) < 4.78 is 70.0. The Labute approximate surface area is 198 Å². The lowest BCUT2D eigenvalue weighted by molar-refractivity contribution is -0.0790. The molecule has 0 radical (unpaired) electrons. The minimum atomic E-state index is -4.65. The standard InChI is InChI=1S/C28H31F5O/c1-2-3-5-20-7-11-22(12-8-20)23-13-9-21(10-14-23)6-4-17-34-24-18-26(29)25(27(30)19-24)15-16-28(31,32)33/h4,6,9-10,13-16,18-20,22H,2-3,5,7-8,11-12,17H2,1H3. The lowest BCUT2D eigenvalue weighted by Crippen LogP contribution is -2.13. The Balaban J connectivity index is 1.49. The zero-order valence-electron chi connectivity index (χ0n) is 19.4. The quantitative estimate of drug-likeness (QED) is 0.327. The average Bonchev–Trinajstić information content (AvgIpc) is 2.80. The monoisotopic (exact) mass is 478 g/mol. The molecule has 0 heterocycles. The third-order valence-electron chi connectivity index (χ3n) is 6.37. The van der Waals surface area contributed by atoms with E-state index in [2.05, 4.69) is 31.2 Å². The molecule has 0 unspecified atom stereocenters. The maximum Gasteiger partial charge on any atom is 0.409 e. The maximum absolute atomic E-state index is 14.0. The van der Waals surface area contributed by atoms with Crippen molar-refractivity contribution in [2.75, 3.05) is 6.61 Å². The molecule has 1 nitrogen and oxygen atoms in total. The van der Waals surface area contributed by atoms with Gasteiger partial charge >= 0.3 is 6.18 Å². The Bertz CT molecular complexity index is 944. The average molecular weight is 479 g/mol. The van der Waals surface area contributed by atoms with Crippen LogP contribution in [-0.2, 0) is 0 Å². The molecule has 1 fully saturated rings. The summed E-state index contributed by atoms with van der Waals surface area (Å²) in [4.78, 5) is 0. The largest absolute Gasteiger partial charge is 0.489 e. The minimum absolute atomic E-state index is 0.0696. The smallest absolute Gasteiger partial charge is 0.409 e. The summed E-state index contributed by atoms with van der Waals surface area (Å²) in [6.45, 7) is 2.31. The van der Waals surface area contributed by atoms with Gasteiger partial charge in [-0.2, -0.15) is 13.2 Å². The molecule has 3 rings (SSSR count). The number of hydrogen-bond acceptors (Lipinski definition) is 1. The van der Waals surface area contributed by atoms with Crippen LogP contribution in [0.4, 0.5) is 22.0 Å². The molecule has 0 saturated heterocycles. The molecule has 1 saturated carbocycles. The van der Waals surface area contributed by atoms with Gasteiger partial charge in [0.15, 0.2) is 0 Å². The fourth-order valence-electron chi connectivity index (χ4n) is 4.47. The second kappa shape index (κ2) is 12.2. The van der Waals surface area contributed by atoms with Crippen molar-refractivity contribution in [2.24, 2.45) is 5.92 Å². The highest BCUT2D eigenvalue weighted by atomic mass is 19.4. The number of allylic oxidation sites excluding steroid dienone is 1. The Morgan fingerprint density at radius 1 is 0.941 bits per heavy atom. The summed E-state index contributed by atoms with van der Waals surface area (Å²) in [5.41, 5.74) is 1.61. The van der Waals surface area contributed by atoms with E-state index in [9.17, 15) is 22.0 Å². The van der Waals surface area contributed by atoms with E-state index in [0.717, 1.165) is 23.6 Å². The molecule has 34 heavy (non-hydrogen) atoms. The first-order valence-electron chi connectivity index (χ1n) is 11.9. The van der Waals surface area contributed by atoms with E-state index in [1.807, 2.05) is 6.08 Å². The number of ether oxygens (including phenoxy) is 1. The van der Waals surface area contributed by atoms with Gasteiger partial charge in [-0.1, -0.05) is 56.5 Å². The fraction of sp³-hybridized carbons (Fsp3) is 0.429. The number of halogens is 5. The summed E-state index contributed by atoms with van der Waals surface area (Å²) >= 11 is 0. The molecule has 6 heteroatoms. The number of benzene rings is 2. The minimum Gasteiger partial charge on any atom is -0.489 e. The lowest BCUT2D eigenvalue weighted by Gasteiger charge is -2.28. The van der Waals surface area contributed by atoms with Crippen molar-refractivity contribution >= 4 is 12.2 Å².